The molecule has 0 amide bonds. The van der Waals surface area contributed by atoms with Crippen LogP contribution in [0.3, 0.4) is 0 Å². The Kier molecular flexibility index (Phi) is 7.78. The Morgan fingerprint density at radius 2 is 1.46 bits per heavy atom. The van der Waals surface area contributed by atoms with Gasteiger partial charge in [0, 0.05) is 19.6 Å². The second kappa shape index (κ2) is 9.66. The monoisotopic (exact) mass is 398 g/mol. The second-order valence-electron chi connectivity index (χ2n) is 8.38. The van der Waals surface area contributed by atoms with E-state index in [1.165, 1.54) is 10.4 Å². The molecule has 3 atom stereocenters. The third kappa shape index (κ3) is 4.63. The number of hydrogen-bond acceptors (Lipinski definition) is 3. The van der Waals surface area contributed by atoms with Gasteiger partial charge in [0.05, 0.1) is 6.10 Å². The zero-order valence-corrected chi connectivity index (χ0v) is 18.8. The van der Waals surface area contributed by atoms with E-state index in [0.29, 0.717) is 6.61 Å². The standard InChI is InChI=1S/C24H34O3Si/c1-7-22(26-6)23(25)19(2)18-27-28(24(3,4)5,20-14-10-8-11-15-20)21-16-12-9-13-17-21/h7-17,19,22-23,25H,1,18H2,2-6H3/t19-,22+,23+/m1/s1. The molecule has 0 heterocycles. The average Bonchev–Trinajstić information content (AvgIpc) is 2.69. The molecule has 2 rings (SSSR count). The lowest BCUT2D eigenvalue weighted by Crippen LogP contribution is -2.67. The highest BCUT2D eigenvalue weighted by Gasteiger charge is 2.50. The van der Waals surface area contributed by atoms with E-state index in [0.717, 1.165) is 0 Å². The lowest BCUT2D eigenvalue weighted by atomic mass is 10.0. The Balaban J connectivity index is 2.46. The molecule has 0 aromatic heterocycles. The highest BCUT2D eigenvalue weighted by atomic mass is 28.4. The van der Waals surface area contributed by atoms with Gasteiger partial charge < -0.3 is 14.3 Å². The molecule has 0 spiro atoms. The first-order chi connectivity index (χ1) is 13.3. The molecule has 152 valence electrons. The van der Waals surface area contributed by atoms with Crippen molar-refractivity contribution in [2.45, 2.75) is 44.9 Å². The van der Waals surface area contributed by atoms with Gasteiger partial charge in [0.1, 0.15) is 6.10 Å². The summed E-state index contributed by atoms with van der Waals surface area (Å²) >= 11 is 0. The van der Waals surface area contributed by atoms with Crippen LogP contribution in [0.4, 0.5) is 0 Å². The van der Waals surface area contributed by atoms with Crippen molar-refractivity contribution in [3.05, 3.63) is 73.3 Å². The average molecular weight is 399 g/mol. The molecule has 2 aromatic carbocycles. The van der Waals surface area contributed by atoms with Crippen molar-refractivity contribution < 1.29 is 14.3 Å². The van der Waals surface area contributed by atoms with E-state index in [-0.39, 0.29) is 11.0 Å². The van der Waals surface area contributed by atoms with Crippen molar-refractivity contribution in [1.29, 1.82) is 0 Å². The van der Waals surface area contributed by atoms with Crippen molar-refractivity contribution in [2.75, 3.05) is 13.7 Å². The van der Waals surface area contributed by atoms with E-state index in [9.17, 15) is 5.11 Å². The largest absolute Gasteiger partial charge is 0.407 e. The van der Waals surface area contributed by atoms with Gasteiger partial charge in [-0.1, -0.05) is 94.4 Å². The van der Waals surface area contributed by atoms with Crippen molar-refractivity contribution in [1.82, 2.24) is 0 Å². The first kappa shape index (κ1) is 22.6. The van der Waals surface area contributed by atoms with Gasteiger partial charge in [-0.3, -0.25) is 0 Å². The van der Waals surface area contributed by atoms with Crippen LogP contribution in [0.15, 0.2) is 73.3 Å². The van der Waals surface area contributed by atoms with Gasteiger partial charge in [0.15, 0.2) is 0 Å². The molecule has 0 aliphatic rings. The maximum atomic E-state index is 10.7. The Hall–Kier alpha value is -1.72. The molecular formula is C24H34O3Si. The molecule has 0 radical (unpaired) electrons. The highest BCUT2D eigenvalue weighted by Crippen LogP contribution is 2.37. The van der Waals surface area contributed by atoms with Crippen LogP contribution in [-0.2, 0) is 9.16 Å². The molecule has 0 unspecified atom stereocenters. The number of aliphatic hydroxyl groups excluding tert-OH is 1. The summed E-state index contributed by atoms with van der Waals surface area (Å²) in [5, 5.41) is 13.1. The summed E-state index contributed by atoms with van der Waals surface area (Å²) in [5.74, 6) is -0.0930. The molecule has 4 heteroatoms. The molecule has 0 saturated heterocycles. The first-order valence-electron chi connectivity index (χ1n) is 9.86. The lowest BCUT2D eigenvalue weighted by molar-refractivity contribution is -0.0231. The van der Waals surface area contributed by atoms with Crippen LogP contribution in [0, 0.1) is 5.92 Å². The second-order valence-corrected chi connectivity index (χ2v) is 12.7. The summed E-state index contributed by atoms with van der Waals surface area (Å²) in [6.45, 7) is 13.0. The molecule has 1 N–H and O–H groups in total. The summed E-state index contributed by atoms with van der Waals surface area (Å²) in [5.41, 5.74) is 0. The van der Waals surface area contributed by atoms with E-state index >= 15 is 0 Å². The van der Waals surface area contributed by atoms with Crippen molar-refractivity contribution >= 4 is 18.7 Å². The van der Waals surface area contributed by atoms with Crippen LogP contribution < -0.4 is 10.4 Å². The molecular weight excluding hydrogens is 364 g/mol. The Morgan fingerprint density at radius 3 is 1.82 bits per heavy atom. The number of methoxy groups -OCH3 is 1. The minimum absolute atomic E-state index is 0.0839. The quantitative estimate of drug-likeness (QED) is 0.516. The predicted octanol–water partition coefficient (Wildman–Crippen LogP) is 3.76. The highest BCUT2D eigenvalue weighted by molar-refractivity contribution is 6.99. The summed E-state index contributed by atoms with van der Waals surface area (Å²) < 4.78 is 12.2. The normalized spacial score (nSPS) is 15.6. The summed E-state index contributed by atoms with van der Waals surface area (Å²) in [6, 6.07) is 21.1. The molecule has 2 aromatic rings. The Morgan fingerprint density at radius 1 is 1.00 bits per heavy atom. The summed E-state index contributed by atoms with van der Waals surface area (Å²) in [4.78, 5) is 0. The number of rotatable bonds is 9. The SMILES string of the molecule is C=C[C@H](OC)[C@@H](O)[C@H](C)CO[Si](c1ccccc1)(c1ccccc1)C(C)(C)C. The van der Waals surface area contributed by atoms with Gasteiger partial charge in [-0.25, -0.2) is 0 Å². The minimum Gasteiger partial charge on any atom is -0.407 e. The molecule has 0 aliphatic carbocycles. The van der Waals surface area contributed by atoms with Gasteiger partial charge in [-0.2, -0.15) is 0 Å². The first-order valence-corrected chi connectivity index (χ1v) is 11.8. The number of benzene rings is 2. The van der Waals surface area contributed by atoms with Crippen molar-refractivity contribution in [3.8, 4) is 0 Å². The third-order valence-corrected chi connectivity index (χ3v) is 10.4. The molecule has 0 aliphatic heterocycles. The smallest absolute Gasteiger partial charge is 0.261 e. The number of aliphatic hydroxyl groups is 1. The molecule has 0 fully saturated rings. The van der Waals surface area contributed by atoms with Gasteiger partial charge in [-0.05, 0) is 15.4 Å². The van der Waals surface area contributed by atoms with E-state index in [1.807, 2.05) is 19.1 Å². The van der Waals surface area contributed by atoms with E-state index < -0.39 is 20.5 Å². The van der Waals surface area contributed by atoms with Gasteiger partial charge >= 0.3 is 0 Å². The van der Waals surface area contributed by atoms with Gasteiger partial charge in [-0.15, -0.1) is 6.58 Å². The van der Waals surface area contributed by atoms with Crippen molar-refractivity contribution in [2.24, 2.45) is 5.92 Å². The Bertz CT molecular complexity index is 685. The van der Waals surface area contributed by atoms with Crippen LogP contribution in [0.25, 0.3) is 0 Å². The van der Waals surface area contributed by atoms with Crippen LogP contribution >= 0.6 is 0 Å². The third-order valence-electron chi connectivity index (χ3n) is 5.40. The van der Waals surface area contributed by atoms with Crippen LogP contribution in [0.2, 0.25) is 5.04 Å². The fourth-order valence-corrected chi connectivity index (χ4v) is 8.48. The van der Waals surface area contributed by atoms with Crippen molar-refractivity contribution in [3.63, 3.8) is 0 Å². The van der Waals surface area contributed by atoms with E-state index in [2.05, 4.69) is 75.9 Å². The van der Waals surface area contributed by atoms with E-state index in [4.69, 9.17) is 9.16 Å². The summed E-state index contributed by atoms with van der Waals surface area (Å²) in [6.07, 6.45) is 0.572. The number of hydrogen-bond donors (Lipinski definition) is 1. The Labute approximate surface area is 171 Å². The molecule has 3 nitrogen and oxygen atoms in total. The van der Waals surface area contributed by atoms with Gasteiger partial charge in [0.25, 0.3) is 8.32 Å². The zero-order chi connectivity index (χ0) is 20.8. The van der Waals surface area contributed by atoms with Crippen LogP contribution in [0.5, 0.6) is 0 Å². The van der Waals surface area contributed by atoms with Crippen LogP contribution in [0.1, 0.15) is 27.7 Å². The number of ether oxygens (including phenoxy) is 1. The van der Waals surface area contributed by atoms with E-state index in [1.54, 1.807) is 13.2 Å². The van der Waals surface area contributed by atoms with Crippen LogP contribution in [-0.4, -0.2) is 39.3 Å². The molecule has 28 heavy (non-hydrogen) atoms. The maximum Gasteiger partial charge on any atom is 0.261 e. The minimum atomic E-state index is -2.59. The lowest BCUT2D eigenvalue weighted by Gasteiger charge is -2.44. The fourth-order valence-electron chi connectivity index (χ4n) is 3.82. The fraction of sp³-hybridized carbons (Fsp3) is 0.417. The molecule has 0 bridgehead atoms. The topological polar surface area (TPSA) is 38.7 Å². The maximum absolute atomic E-state index is 10.7. The molecule has 0 saturated carbocycles. The predicted molar refractivity (Wildman–Crippen MR) is 120 cm³/mol. The van der Waals surface area contributed by atoms with Gasteiger partial charge in [0.2, 0.25) is 0 Å². The zero-order valence-electron chi connectivity index (χ0n) is 17.8. The summed E-state index contributed by atoms with van der Waals surface area (Å²) in [7, 11) is -1.00.